The molecule has 0 amide bonds. The second-order valence-electron chi connectivity index (χ2n) is 5.43. The van der Waals surface area contributed by atoms with E-state index in [0.29, 0.717) is 5.41 Å². The predicted molar refractivity (Wildman–Crippen MR) is 77.9 cm³/mol. The molecule has 0 heterocycles. The normalized spacial score (nSPS) is 16.1. The first-order valence-electron chi connectivity index (χ1n) is 7.26. The predicted octanol–water partition coefficient (Wildman–Crippen LogP) is 3.24. The highest BCUT2D eigenvalue weighted by atomic mass is 16.5. The maximum Gasteiger partial charge on any atom is 0.161 e. The molecule has 0 spiro atoms. The highest BCUT2D eigenvalue weighted by molar-refractivity contribution is 5.39. The summed E-state index contributed by atoms with van der Waals surface area (Å²) in [5.41, 5.74) is 0.497. The van der Waals surface area contributed by atoms with Crippen molar-refractivity contribution in [1.82, 2.24) is 5.32 Å². The standard InChI is InChI=1S/C16H25NO2/c1-3-11-17-13-16(8-9-16)10-12-19-15-7-5-4-6-14(15)18-2/h4-7,17H,3,8-13H2,1-2H3. The molecule has 2 rings (SSSR count). The van der Waals surface area contributed by atoms with Crippen LogP contribution in [0.25, 0.3) is 0 Å². The van der Waals surface area contributed by atoms with Crippen LogP contribution in [0.1, 0.15) is 32.6 Å². The van der Waals surface area contributed by atoms with Gasteiger partial charge in [-0.3, -0.25) is 0 Å². The van der Waals surface area contributed by atoms with Gasteiger partial charge in [-0.25, -0.2) is 0 Å². The van der Waals surface area contributed by atoms with Crippen LogP contribution in [0.4, 0.5) is 0 Å². The topological polar surface area (TPSA) is 30.5 Å². The Morgan fingerprint density at radius 3 is 2.58 bits per heavy atom. The lowest BCUT2D eigenvalue weighted by Gasteiger charge is -2.17. The molecule has 1 N–H and O–H groups in total. The van der Waals surface area contributed by atoms with Gasteiger partial charge in [0, 0.05) is 6.54 Å². The SMILES string of the molecule is CCCNCC1(CCOc2ccccc2OC)CC1. The fraction of sp³-hybridized carbons (Fsp3) is 0.625. The summed E-state index contributed by atoms with van der Waals surface area (Å²) in [4.78, 5) is 0. The van der Waals surface area contributed by atoms with E-state index in [4.69, 9.17) is 9.47 Å². The molecule has 1 aromatic carbocycles. The van der Waals surface area contributed by atoms with Crippen LogP contribution in [0.15, 0.2) is 24.3 Å². The number of hydrogen-bond donors (Lipinski definition) is 1. The Balaban J connectivity index is 1.74. The summed E-state index contributed by atoms with van der Waals surface area (Å²) in [5.74, 6) is 1.67. The monoisotopic (exact) mass is 263 g/mol. The average molecular weight is 263 g/mol. The zero-order valence-corrected chi connectivity index (χ0v) is 12.1. The second kappa shape index (κ2) is 6.80. The van der Waals surface area contributed by atoms with Crippen LogP contribution < -0.4 is 14.8 Å². The molecule has 1 saturated carbocycles. The van der Waals surface area contributed by atoms with Crippen LogP contribution in [0.5, 0.6) is 11.5 Å². The van der Waals surface area contributed by atoms with Crippen LogP contribution in [0, 0.1) is 5.41 Å². The average Bonchev–Trinajstić information content (AvgIpc) is 3.20. The van der Waals surface area contributed by atoms with Crippen molar-refractivity contribution in [1.29, 1.82) is 0 Å². The number of benzene rings is 1. The van der Waals surface area contributed by atoms with Crippen LogP contribution in [-0.2, 0) is 0 Å². The smallest absolute Gasteiger partial charge is 0.161 e. The van der Waals surface area contributed by atoms with Crippen molar-refractivity contribution in [2.24, 2.45) is 5.41 Å². The first-order valence-corrected chi connectivity index (χ1v) is 7.26. The van der Waals surface area contributed by atoms with Crippen molar-refractivity contribution in [2.75, 3.05) is 26.8 Å². The van der Waals surface area contributed by atoms with Gasteiger partial charge in [0.25, 0.3) is 0 Å². The van der Waals surface area contributed by atoms with E-state index in [1.165, 1.54) is 19.3 Å². The third kappa shape index (κ3) is 4.13. The van der Waals surface area contributed by atoms with Gasteiger partial charge in [-0.1, -0.05) is 19.1 Å². The molecule has 1 aromatic rings. The van der Waals surface area contributed by atoms with E-state index in [9.17, 15) is 0 Å². The van der Waals surface area contributed by atoms with Crippen LogP contribution in [-0.4, -0.2) is 26.8 Å². The Morgan fingerprint density at radius 1 is 1.21 bits per heavy atom. The van der Waals surface area contributed by atoms with E-state index in [0.717, 1.165) is 37.6 Å². The van der Waals surface area contributed by atoms with Crippen LogP contribution >= 0.6 is 0 Å². The van der Waals surface area contributed by atoms with Crippen molar-refractivity contribution >= 4 is 0 Å². The van der Waals surface area contributed by atoms with Gasteiger partial charge in [0.2, 0.25) is 0 Å². The van der Waals surface area contributed by atoms with E-state index >= 15 is 0 Å². The quantitative estimate of drug-likeness (QED) is 0.694. The number of hydrogen-bond acceptors (Lipinski definition) is 3. The fourth-order valence-corrected chi connectivity index (χ4v) is 2.34. The maximum atomic E-state index is 5.86. The first kappa shape index (κ1) is 14.2. The molecule has 1 aliphatic rings. The summed E-state index contributed by atoms with van der Waals surface area (Å²) in [6.45, 7) is 5.23. The zero-order chi connectivity index (χ0) is 13.6. The van der Waals surface area contributed by atoms with Crippen LogP contribution in [0.3, 0.4) is 0 Å². The minimum Gasteiger partial charge on any atom is -0.493 e. The number of rotatable bonds is 9. The molecule has 106 valence electrons. The largest absolute Gasteiger partial charge is 0.493 e. The second-order valence-corrected chi connectivity index (χ2v) is 5.43. The highest BCUT2D eigenvalue weighted by Crippen LogP contribution is 2.48. The molecule has 0 radical (unpaired) electrons. The number of ether oxygens (including phenoxy) is 2. The Morgan fingerprint density at radius 2 is 1.95 bits per heavy atom. The van der Waals surface area contributed by atoms with Gasteiger partial charge in [0.1, 0.15) is 0 Å². The molecule has 0 bridgehead atoms. The molecule has 0 aromatic heterocycles. The summed E-state index contributed by atoms with van der Waals surface area (Å²) >= 11 is 0. The van der Waals surface area contributed by atoms with Gasteiger partial charge in [-0.05, 0) is 49.8 Å². The molecular weight excluding hydrogens is 238 g/mol. The summed E-state index contributed by atoms with van der Waals surface area (Å²) in [5, 5.41) is 3.53. The molecule has 3 nitrogen and oxygen atoms in total. The number of para-hydroxylation sites is 2. The van der Waals surface area contributed by atoms with E-state index in [1.54, 1.807) is 7.11 Å². The van der Waals surface area contributed by atoms with E-state index < -0.39 is 0 Å². The van der Waals surface area contributed by atoms with Gasteiger partial charge in [0.15, 0.2) is 11.5 Å². The van der Waals surface area contributed by atoms with Crippen molar-refractivity contribution < 1.29 is 9.47 Å². The van der Waals surface area contributed by atoms with Crippen molar-refractivity contribution in [3.8, 4) is 11.5 Å². The molecule has 1 aliphatic carbocycles. The molecule has 0 saturated heterocycles. The third-order valence-electron chi connectivity index (χ3n) is 3.84. The Kier molecular flexibility index (Phi) is 5.08. The summed E-state index contributed by atoms with van der Waals surface area (Å²) in [7, 11) is 1.68. The number of nitrogens with one attached hydrogen (secondary N) is 1. The minimum absolute atomic E-state index is 0.497. The van der Waals surface area contributed by atoms with Gasteiger partial charge < -0.3 is 14.8 Å². The fourth-order valence-electron chi connectivity index (χ4n) is 2.34. The molecule has 0 aliphatic heterocycles. The lowest BCUT2D eigenvalue weighted by molar-refractivity contribution is 0.253. The van der Waals surface area contributed by atoms with Crippen molar-refractivity contribution in [3.05, 3.63) is 24.3 Å². The Hall–Kier alpha value is -1.22. The molecule has 19 heavy (non-hydrogen) atoms. The Labute approximate surface area is 116 Å². The van der Waals surface area contributed by atoms with E-state index in [1.807, 2.05) is 24.3 Å². The number of methoxy groups -OCH3 is 1. The van der Waals surface area contributed by atoms with E-state index in [2.05, 4.69) is 12.2 Å². The molecule has 1 fully saturated rings. The minimum atomic E-state index is 0.497. The van der Waals surface area contributed by atoms with Gasteiger partial charge in [-0.2, -0.15) is 0 Å². The lowest BCUT2D eigenvalue weighted by atomic mass is 10.0. The molecular formula is C16H25NO2. The molecule has 0 unspecified atom stereocenters. The Bertz CT molecular complexity index is 388. The van der Waals surface area contributed by atoms with Crippen molar-refractivity contribution in [2.45, 2.75) is 32.6 Å². The summed E-state index contributed by atoms with van der Waals surface area (Å²) in [6.07, 6.45) is 4.99. The van der Waals surface area contributed by atoms with E-state index in [-0.39, 0.29) is 0 Å². The first-order chi connectivity index (χ1) is 9.29. The molecule has 3 heteroatoms. The highest BCUT2D eigenvalue weighted by Gasteiger charge is 2.41. The van der Waals surface area contributed by atoms with Gasteiger partial charge in [0.05, 0.1) is 13.7 Å². The summed E-state index contributed by atoms with van der Waals surface area (Å²) in [6, 6.07) is 7.84. The van der Waals surface area contributed by atoms with Crippen molar-refractivity contribution in [3.63, 3.8) is 0 Å². The van der Waals surface area contributed by atoms with Gasteiger partial charge in [-0.15, -0.1) is 0 Å². The molecule has 0 atom stereocenters. The van der Waals surface area contributed by atoms with Gasteiger partial charge >= 0.3 is 0 Å². The lowest BCUT2D eigenvalue weighted by Crippen LogP contribution is -2.26. The zero-order valence-electron chi connectivity index (χ0n) is 12.1. The maximum absolute atomic E-state index is 5.86. The summed E-state index contributed by atoms with van der Waals surface area (Å²) < 4.78 is 11.1. The van der Waals surface area contributed by atoms with Crippen LogP contribution in [0.2, 0.25) is 0 Å². The third-order valence-corrected chi connectivity index (χ3v) is 3.84.